The lowest BCUT2D eigenvalue weighted by Crippen LogP contribution is -2.42. The number of aromatic hydroxyl groups is 1. The molecule has 2 N–H and O–H groups in total. The Hall–Kier alpha value is -3.50. The molecule has 196 valence electrons. The van der Waals surface area contributed by atoms with Crippen molar-refractivity contribution in [3.8, 4) is 11.6 Å². The van der Waals surface area contributed by atoms with E-state index in [-0.39, 0.29) is 28.7 Å². The van der Waals surface area contributed by atoms with Crippen LogP contribution in [0.2, 0.25) is 18.1 Å². The number of nitrogens with zero attached hydrogens (tertiary/aromatic N) is 3. The fraction of sp³-hybridized carbons (Fsp3) is 0.370. The quantitative estimate of drug-likeness (QED) is 0.343. The third-order valence-corrected chi connectivity index (χ3v) is 11.9. The summed E-state index contributed by atoms with van der Waals surface area (Å²) in [6.45, 7) is 12.9. The Balaban J connectivity index is 1.67. The van der Waals surface area contributed by atoms with Crippen molar-refractivity contribution in [2.45, 2.75) is 58.8 Å². The maximum absolute atomic E-state index is 15.0. The molecule has 0 aliphatic rings. The van der Waals surface area contributed by atoms with Crippen LogP contribution >= 0.6 is 0 Å². The number of halogens is 1. The molecular formula is C27H33FN4O4Si. The number of H-pyrrole nitrogens is 1. The highest BCUT2D eigenvalue weighted by atomic mass is 28.4. The number of aromatic nitrogens is 4. The van der Waals surface area contributed by atoms with Gasteiger partial charge >= 0.3 is 5.69 Å². The van der Waals surface area contributed by atoms with Gasteiger partial charge in [0.25, 0.3) is 5.56 Å². The maximum Gasteiger partial charge on any atom is 0.336 e. The fourth-order valence-corrected chi connectivity index (χ4v) is 5.10. The molecule has 0 saturated carbocycles. The van der Waals surface area contributed by atoms with Crippen molar-refractivity contribution in [1.29, 1.82) is 0 Å². The number of hydrogen-bond acceptors (Lipinski definition) is 5. The SMILES string of the molecule is Cc1c(O)n(-c2cc(Cc3n[nH]c(=O)c4ccccc34)ccc2F)c(=O)n1CCO[Si](C)(C)C(C)(C)C. The van der Waals surface area contributed by atoms with E-state index in [9.17, 15) is 19.1 Å². The molecule has 4 aromatic rings. The Morgan fingerprint density at radius 2 is 1.78 bits per heavy atom. The summed E-state index contributed by atoms with van der Waals surface area (Å²) in [4.78, 5) is 25.4. The molecule has 0 bridgehead atoms. The van der Waals surface area contributed by atoms with Crippen molar-refractivity contribution in [1.82, 2.24) is 19.3 Å². The summed E-state index contributed by atoms with van der Waals surface area (Å²) < 4.78 is 23.6. The Kier molecular flexibility index (Phi) is 7.00. The molecule has 0 atom stereocenters. The minimum absolute atomic E-state index is 0.0244. The van der Waals surface area contributed by atoms with Gasteiger partial charge in [0, 0.05) is 18.4 Å². The molecule has 0 aliphatic heterocycles. The minimum atomic E-state index is -2.01. The van der Waals surface area contributed by atoms with Crippen LogP contribution < -0.4 is 11.2 Å². The van der Waals surface area contributed by atoms with Crippen LogP contribution in [-0.2, 0) is 17.4 Å². The van der Waals surface area contributed by atoms with Crippen LogP contribution in [0.25, 0.3) is 16.5 Å². The van der Waals surface area contributed by atoms with E-state index in [1.807, 2.05) is 12.1 Å². The zero-order valence-electron chi connectivity index (χ0n) is 22.1. The van der Waals surface area contributed by atoms with Crippen LogP contribution in [0.15, 0.2) is 52.1 Å². The highest BCUT2D eigenvalue weighted by Gasteiger charge is 2.37. The lowest BCUT2D eigenvalue weighted by atomic mass is 10.0. The first-order valence-corrected chi connectivity index (χ1v) is 15.1. The van der Waals surface area contributed by atoms with Crippen LogP contribution in [0.5, 0.6) is 5.88 Å². The van der Waals surface area contributed by atoms with E-state index in [1.165, 1.54) is 16.7 Å². The predicted molar refractivity (Wildman–Crippen MR) is 145 cm³/mol. The molecule has 0 unspecified atom stereocenters. The van der Waals surface area contributed by atoms with Crippen molar-refractivity contribution in [2.75, 3.05) is 6.61 Å². The van der Waals surface area contributed by atoms with Crippen LogP contribution in [0, 0.1) is 12.7 Å². The van der Waals surface area contributed by atoms with Crippen molar-refractivity contribution in [3.63, 3.8) is 0 Å². The van der Waals surface area contributed by atoms with Crippen LogP contribution in [0.4, 0.5) is 4.39 Å². The summed E-state index contributed by atoms with van der Waals surface area (Å²) in [5.41, 5.74) is 0.727. The molecule has 2 aromatic heterocycles. The van der Waals surface area contributed by atoms with Gasteiger partial charge in [0.05, 0.1) is 29.1 Å². The fourth-order valence-electron chi connectivity index (χ4n) is 4.07. The normalized spacial score (nSPS) is 12.4. The molecule has 2 aromatic carbocycles. The van der Waals surface area contributed by atoms with Gasteiger partial charge in [-0.15, -0.1) is 0 Å². The van der Waals surface area contributed by atoms with E-state index < -0.39 is 19.8 Å². The lowest BCUT2D eigenvalue weighted by Gasteiger charge is -2.36. The zero-order chi connectivity index (χ0) is 27.1. The number of fused-ring (bicyclic) bond motifs is 1. The largest absolute Gasteiger partial charge is 0.493 e. The second-order valence-electron chi connectivity index (χ2n) is 10.8. The van der Waals surface area contributed by atoms with E-state index in [2.05, 4.69) is 44.1 Å². The third-order valence-electron chi connectivity index (χ3n) is 7.34. The van der Waals surface area contributed by atoms with Gasteiger partial charge in [-0.3, -0.25) is 9.36 Å². The number of aromatic amines is 1. The van der Waals surface area contributed by atoms with E-state index in [0.29, 0.717) is 40.8 Å². The average Bonchev–Trinajstić information content (AvgIpc) is 3.04. The molecule has 0 aliphatic carbocycles. The van der Waals surface area contributed by atoms with Gasteiger partial charge in [0.1, 0.15) is 5.82 Å². The molecule has 0 radical (unpaired) electrons. The second kappa shape index (κ2) is 9.75. The molecule has 0 amide bonds. The van der Waals surface area contributed by atoms with Gasteiger partial charge in [-0.05, 0) is 48.8 Å². The van der Waals surface area contributed by atoms with Crippen LogP contribution in [-0.4, -0.2) is 39.4 Å². The van der Waals surface area contributed by atoms with Gasteiger partial charge < -0.3 is 9.53 Å². The summed E-state index contributed by atoms with van der Waals surface area (Å²) in [5, 5.41) is 18.7. The van der Waals surface area contributed by atoms with Gasteiger partial charge in [-0.2, -0.15) is 5.10 Å². The van der Waals surface area contributed by atoms with Crippen molar-refractivity contribution in [3.05, 3.63) is 86.1 Å². The average molecular weight is 525 g/mol. The number of hydrogen-bond donors (Lipinski definition) is 2. The van der Waals surface area contributed by atoms with Crippen LogP contribution in [0.3, 0.4) is 0 Å². The van der Waals surface area contributed by atoms with Gasteiger partial charge in [-0.25, -0.2) is 18.9 Å². The van der Waals surface area contributed by atoms with E-state index >= 15 is 0 Å². The summed E-state index contributed by atoms with van der Waals surface area (Å²) in [5.74, 6) is -0.962. The van der Waals surface area contributed by atoms with Gasteiger partial charge in [0.15, 0.2) is 8.32 Å². The summed E-state index contributed by atoms with van der Waals surface area (Å²) >= 11 is 0. The third kappa shape index (κ3) is 5.03. The van der Waals surface area contributed by atoms with Crippen molar-refractivity contribution >= 4 is 19.1 Å². The molecule has 37 heavy (non-hydrogen) atoms. The molecule has 8 nitrogen and oxygen atoms in total. The first-order chi connectivity index (χ1) is 17.3. The smallest absolute Gasteiger partial charge is 0.336 e. The first kappa shape index (κ1) is 26.6. The Labute approximate surface area is 215 Å². The Bertz CT molecular complexity index is 1580. The summed E-state index contributed by atoms with van der Waals surface area (Å²) in [6.07, 6.45) is 0.292. The number of imidazole rings is 1. The second-order valence-corrected chi connectivity index (χ2v) is 15.6. The van der Waals surface area contributed by atoms with Gasteiger partial charge in [0.2, 0.25) is 5.88 Å². The molecule has 4 rings (SSSR count). The highest BCUT2D eigenvalue weighted by molar-refractivity contribution is 6.74. The molecule has 0 fully saturated rings. The summed E-state index contributed by atoms with van der Waals surface area (Å²) in [6, 6.07) is 11.5. The highest BCUT2D eigenvalue weighted by Crippen LogP contribution is 2.36. The Morgan fingerprint density at radius 3 is 2.46 bits per heavy atom. The van der Waals surface area contributed by atoms with E-state index in [4.69, 9.17) is 4.43 Å². The van der Waals surface area contributed by atoms with Crippen molar-refractivity contribution in [2.24, 2.45) is 0 Å². The van der Waals surface area contributed by atoms with E-state index in [0.717, 1.165) is 4.57 Å². The molecule has 0 spiro atoms. The number of rotatable bonds is 7. The maximum atomic E-state index is 15.0. The number of benzene rings is 2. The van der Waals surface area contributed by atoms with Crippen molar-refractivity contribution < 1.29 is 13.9 Å². The Morgan fingerprint density at radius 1 is 1.11 bits per heavy atom. The van der Waals surface area contributed by atoms with Gasteiger partial charge in [-0.1, -0.05) is 45.0 Å². The predicted octanol–water partition coefficient (Wildman–Crippen LogP) is 4.64. The topological polar surface area (TPSA) is 102 Å². The molecule has 10 heteroatoms. The van der Waals surface area contributed by atoms with Crippen LogP contribution in [0.1, 0.15) is 37.7 Å². The van der Waals surface area contributed by atoms with E-state index in [1.54, 1.807) is 25.1 Å². The summed E-state index contributed by atoms with van der Waals surface area (Å²) in [7, 11) is -2.01. The molecule has 0 saturated heterocycles. The monoisotopic (exact) mass is 524 g/mol. The lowest BCUT2D eigenvalue weighted by molar-refractivity contribution is 0.269. The first-order valence-electron chi connectivity index (χ1n) is 12.2. The molecular weight excluding hydrogens is 491 g/mol. The number of nitrogens with one attached hydrogen (secondary N) is 1. The molecule has 2 heterocycles. The minimum Gasteiger partial charge on any atom is -0.493 e. The standard InChI is InChI=1S/C27H33FN4O4Si/c1-17-25(34)32(26(35)31(17)13-14-36-37(5,6)27(2,3)4)23-16-18(11-12-21(23)28)15-22-19-9-7-8-10-20(19)24(33)30-29-22/h7-12,16,34H,13-15H2,1-6H3,(H,30,33). The zero-order valence-corrected chi connectivity index (χ0v) is 23.1.